The Balaban J connectivity index is 1.99. The second-order valence-corrected chi connectivity index (χ2v) is 7.21. The average Bonchev–Trinajstić information content (AvgIpc) is 3.05. The third-order valence-corrected chi connectivity index (χ3v) is 5.04. The molecular formula is C23H17ClF2N2O. The number of halogens is 3. The van der Waals surface area contributed by atoms with Crippen molar-refractivity contribution in [3.8, 4) is 22.4 Å². The van der Waals surface area contributed by atoms with Crippen LogP contribution in [0.15, 0.2) is 73.2 Å². The topological polar surface area (TPSA) is 38.0 Å². The molecule has 0 fully saturated rings. The summed E-state index contributed by atoms with van der Waals surface area (Å²) in [5, 5.41) is 11.8. The molecule has 0 saturated heterocycles. The molecule has 0 bridgehead atoms. The lowest BCUT2D eigenvalue weighted by molar-refractivity contribution is 0.221. The van der Waals surface area contributed by atoms with Gasteiger partial charge in [0.15, 0.2) is 0 Å². The maximum atomic E-state index is 13.9. The lowest BCUT2D eigenvalue weighted by Crippen LogP contribution is -2.04. The van der Waals surface area contributed by atoms with Gasteiger partial charge in [-0.2, -0.15) is 0 Å². The van der Waals surface area contributed by atoms with Crippen LogP contribution in [-0.4, -0.2) is 14.7 Å². The van der Waals surface area contributed by atoms with Gasteiger partial charge in [-0.25, -0.2) is 8.78 Å². The van der Waals surface area contributed by atoms with Crippen LogP contribution in [0.5, 0.6) is 0 Å². The molecule has 1 atom stereocenters. The first kappa shape index (κ1) is 19.3. The van der Waals surface area contributed by atoms with Crippen molar-refractivity contribution in [2.45, 2.75) is 6.10 Å². The van der Waals surface area contributed by atoms with E-state index in [4.69, 9.17) is 11.6 Å². The average molecular weight is 411 g/mol. The number of hydrogen-bond acceptors (Lipinski definition) is 2. The van der Waals surface area contributed by atoms with E-state index in [2.05, 4.69) is 4.98 Å². The smallest absolute Gasteiger partial charge is 0.126 e. The quantitative estimate of drug-likeness (QED) is 0.464. The Bertz CT molecular complexity index is 1140. The summed E-state index contributed by atoms with van der Waals surface area (Å²) in [7, 11) is 1.77. The van der Waals surface area contributed by atoms with Gasteiger partial charge in [0.05, 0.1) is 5.69 Å². The first-order valence-electron chi connectivity index (χ1n) is 8.93. The van der Waals surface area contributed by atoms with E-state index in [-0.39, 0.29) is 0 Å². The summed E-state index contributed by atoms with van der Waals surface area (Å²) in [5.74, 6) is -1.37. The van der Waals surface area contributed by atoms with Gasteiger partial charge in [0.1, 0.15) is 17.7 Å². The van der Waals surface area contributed by atoms with Crippen LogP contribution in [0.3, 0.4) is 0 Å². The molecule has 0 spiro atoms. The van der Waals surface area contributed by atoms with E-state index < -0.39 is 17.7 Å². The van der Waals surface area contributed by atoms with Crippen molar-refractivity contribution < 1.29 is 13.9 Å². The molecular weight excluding hydrogens is 394 g/mol. The maximum absolute atomic E-state index is 13.9. The Kier molecular flexibility index (Phi) is 5.18. The maximum Gasteiger partial charge on any atom is 0.126 e. The van der Waals surface area contributed by atoms with E-state index in [0.29, 0.717) is 27.4 Å². The van der Waals surface area contributed by atoms with E-state index in [1.54, 1.807) is 48.3 Å². The summed E-state index contributed by atoms with van der Waals surface area (Å²) < 4.78 is 29.6. The van der Waals surface area contributed by atoms with Crippen LogP contribution in [0.1, 0.15) is 17.2 Å². The molecule has 0 saturated carbocycles. The number of pyridine rings is 1. The van der Waals surface area contributed by atoms with E-state index in [0.717, 1.165) is 17.2 Å². The number of aromatic nitrogens is 2. The molecule has 4 aromatic rings. The molecule has 29 heavy (non-hydrogen) atoms. The summed E-state index contributed by atoms with van der Waals surface area (Å²) in [6.07, 6.45) is 3.97. The van der Waals surface area contributed by atoms with Gasteiger partial charge in [0.25, 0.3) is 0 Å². The normalized spacial score (nSPS) is 12.2. The highest BCUT2D eigenvalue weighted by Crippen LogP contribution is 2.40. The molecule has 2 aromatic carbocycles. The Morgan fingerprint density at radius 3 is 2.31 bits per heavy atom. The van der Waals surface area contributed by atoms with Gasteiger partial charge in [-0.05, 0) is 35.9 Å². The highest BCUT2D eigenvalue weighted by molar-refractivity contribution is 6.30. The highest BCUT2D eigenvalue weighted by atomic mass is 35.5. The van der Waals surface area contributed by atoms with Gasteiger partial charge in [0, 0.05) is 59.0 Å². The molecule has 0 aliphatic heterocycles. The number of nitrogens with zero attached hydrogens (tertiary/aromatic N) is 2. The minimum Gasteiger partial charge on any atom is -0.383 e. The summed E-state index contributed by atoms with van der Waals surface area (Å²) in [6, 6.07) is 14.0. The monoisotopic (exact) mass is 410 g/mol. The zero-order valence-electron chi connectivity index (χ0n) is 15.5. The Morgan fingerprint density at radius 2 is 1.69 bits per heavy atom. The van der Waals surface area contributed by atoms with Gasteiger partial charge in [0.2, 0.25) is 0 Å². The highest BCUT2D eigenvalue weighted by Gasteiger charge is 2.25. The predicted molar refractivity (Wildman–Crippen MR) is 110 cm³/mol. The number of hydrogen-bond donors (Lipinski definition) is 1. The summed E-state index contributed by atoms with van der Waals surface area (Å²) in [4.78, 5) is 4.08. The Hall–Kier alpha value is -3.02. The van der Waals surface area contributed by atoms with Crippen LogP contribution < -0.4 is 0 Å². The van der Waals surface area contributed by atoms with Crippen LogP contribution in [0.4, 0.5) is 8.78 Å². The van der Waals surface area contributed by atoms with Crippen LogP contribution >= 0.6 is 11.6 Å². The number of aliphatic hydroxyl groups excluding tert-OH is 1. The van der Waals surface area contributed by atoms with Crippen molar-refractivity contribution >= 4 is 11.6 Å². The fourth-order valence-corrected chi connectivity index (χ4v) is 3.66. The molecule has 4 rings (SSSR count). The molecule has 1 N–H and O–H groups in total. The summed E-state index contributed by atoms with van der Waals surface area (Å²) in [5.41, 5.74) is 3.53. The number of rotatable bonds is 4. The Morgan fingerprint density at radius 1 is 1.00 bits per heavy atom. The third kappa shape index (κ3) is 3.79. The zero-order chi connectivity index (χ0) is 20.5. The largest absolute Gasteiger partial charge is 0.383 e. The third-order valence-electron chi connectivity index (χ3n) is 4.79. The molecule has 2 aromatic heterocycles. The standard InChI is InChI=1S/C23H17ClF2N2O/c1-28-13-20(14-4-6-17(24)7-5-14)21(23(29)15-3-2-8-27-12-15)22(28)16-9-18(25)11-19(26)10-16/h2-13,23,29H,1H3. The SMILES string of the molecule is Cn1cc(-c2ccc(Cl)cc2)c(C(O)c2cccnc2)c1-c1cc(F)cc(F)c1. The van der Waals surface area contributed by atoms with Crippen molar-refractivity contribution in [1.29, 1.82) is 0 Å². The van der Waals surface area contributed by atoms with Crippen LogP contribution in [0, 0.1) is 11.6 Å². The van der Waals surface area contributed by atoms with E-state index in [1.165, 1.54) is 12.1 Å². The van der Waals surface area contributed by atoms with Crippen LogP contribution in [0.2, 0.25) is 5.02 Å². The number of aliphatic hydroxyl groups is 1. The molecule has 0 aliphatic carbocycles. The van der Waals surface area contributed by atoms with Crippen LogP contribution in [-0.2, 0) is 7.05 Å². The van der Waals surface area contributed by atoms with Gasteiger partial charge in [-0.3, -0.25) is 4.98 Å². The van der Waals surface area contributed by atoms with Gasteiger partial charge in [-0.1, -0.05) is 29.8 Å². The second kappa shape index (κ2) is 7.78. The van der Waals surface area contributed by atoms with Crippen molar-refractivity contribution in [2.75, 3.05) is 0 Å². The van der Waals surface area contributed by atoms with E-state index in [9.17, 15) is 13.9 Å². The van der Waals surface area contributed by atoms with Crippen LogP contribution in [0.25, 0.3) is 22.4 Å². The lowest BCUT2D eigenvalue weighted by Gasteiger charge is -2.16. The number of aryl methyl sites for hydroxylation is 1. The van der Waals surface area contributed by atoms with Crippen molar-refractivity contribution in [2.24, 2.45) is 7.05 Å². The zero-order valence-corrected chi connectivity index (χ0v) is 16.2. The molecule has 0 aliphatic rings. The van der Waals surface area contributed by atoms with E-state index in [1.807, 2.05) is 18.3 Å². The van der Waals surface area contributed by atoms with Gasteiger partial charge >= 0.3 is 0 Å². The predicted octanol–water partition coefficient (Wildman–Crippen LogP) is 5.77. The first-order chi connectivity index (χ1) is 13.9. The van der Waals surface area contributed by atoms with Crippen molar-refractivity contribution in [3.05, 3.63) is 101 Å². The summed E-state index contributed by atoms with van der Waals surface area (Å²) >= 11 is 6.02. The molecule has 0 amide bonds. The summed E-state index contributed by atoms with van der Waals surface area (Å²) in [6.45, 7) is 0. The molecule has 146 valence electrons. The minimum atomic E-state index is -1.04. The van der Waals surface area contributed by atoms with Gasteiger partial charge < -0.3 is 9.67 Å². The molecule has 6 heteroatoms. The fraction of sp³-hybridized carbons (Fsp3) is 0.0870. The lowest BCUT2D eigenvalue weighted by atomic mass is 9.93. The fourth-order valence-electron chi connectivity index (χ4n) is 3.54. The van der Waals surface area contributed by atoms with Crippen molar-refractivity contribution in [1.82, 2.24) is 9.55 Å². The second-order valence-electron chi connectivity index (χ2n) is 6.77. The molecule has 3 nitrogen and oxygen atoms in total. The minimum absolute atomic E-state index is 0.336. The number of benzene rings is 2. The molecule has 1 unspecified atom stereocenters. The first-order valence-corrected chi connectivity index (χ1v) is 9.31. The van der Waals surface area contributed by atoms with Crippen molar-refractivity contribution in [3.63, 3.8) is 0 Å². The van der Waals surface area contributed by atoms with E-state index >= 15 is 0 Å². The molecule has 0 radical (unpaired) electrons. The Labute approximate surface area is 171 Å². The molecule has 2 heterocycles. The van der Waals surface area contributed by atoms with Gasteiger partial charge in [-0.15, -0.1) is 0 Å².